The van der Waals surface area contributed by atoms with E-state index in [0.29, 0.717) is 11.1 Å². The minimum atomic E-state index is -3.96. The van der Waals surface area contributed by atoms with Crippen LogP contribution in [0.15, 0.2) is 65.6 Å². The summed E-state index contributed by atoms with van der Waals surface area (Å²) < 4.78 is 26.6. The maximum atomic E-state index is 12.8. The second-order valence-corrected chi connectivity index (χ2v) is 7.85. The Bertz CT molecular complexity index is 997. The average molecular weight is 388 g/mol. The molecule has 1 atom stereocenters. The number of rotatable bonds is 5. The van der Waals surface area contributed by atoms with E-state index in [9.17, 15) is 28.4 Å². The zero-order valence-electron chi connectivity index (χ0n) is 14.1. The third-order valence-corrected chi connectivity index (χ3v) is 6.21. The van der Waals surface area contributed by atoms with Gasteiger partial charge in [0.2, 0.25) is 10.0 Å². The number of sulfonamides is 1. The minimum Gasteiger partial charge on any atom is -0.480 e. The Morgan fingerprint density at radius 2 is 1.59 bits per heavy atom. The van der Waals surface area contributed by atoms with Gasteiger partial charge in [-0.05, 0) is 41.8 Å². The van der Waals surface area contributed by atoms with Gasteiger partial charge >= 0.3 is 5.97 Å². The van der Waals surface area contributed by atoms with E-state index in [1.807, 2.05) is 0 Å². The number of hydrogen-bond acceptors (Lipinski definition) is 5. The molecule has 1 unspecified atom stereocenters. The topological polar surface area (TPSA) is 118 Å². The number of carboxylic acid groups (broad SMARTS) is 1. The Morgan fingerprint density at radius 3 is 2.11 bits per heavy atom. The number of nitro groups is 1. The summed E-state index contributed by atoms with van der Waals surface area (Å²) in [6.45, 7) is 0.00338. The molecular weight excluding hydrogens is 372 g/mol. The molecule has 0 saturated carbocycles. The van der Waals surface area contributed by atoms with Crippen molar-refractivity contribution in [2.24, 2.45) is 0 Å². The zero-order chi connectivity index (χ0) is 19.6. The molecule has 2 aromatic rings. The number of aliphatic carboxylic acids is 1. The molecule has 1 heterocycles. The van der Waals surface area contributed by atoms with Crippen LogP contribution in [0, 0.1) is 10.1 Å². The van der Waals surface area contributed by atoms with E-state index >= 15 is 0 Å². The van der Waals surface area contributed by atoms with Crippen LogP contribution in [0.3, 0.4) is 0 Å². The fourth-order valence-electron chi connectivity index (χ4n) is 2.87. The monoisotopic (exact) mass is 388 g/mol. The van der Waals surface area contributed by atoms with E-state index in [-0.39, 0.29) is 23.5 Å². The third-order valence-electron chi connectivity index (χ3n) is 4.32. The van der Waals surface area contributed by atoms with E-state index in [1.165, 1.54) is 24.3 Å². The fourth-order valence-corrected chi connectivity index (χ4v) is 4.41. The lowest BCUT2D eigenvalue weighted by Gasteiger charge is -2.29. The zero-order valence-corrected chi connectivity index (χ0v) is 14.9. The Morgan fingerprint density at radius 1 is 1.04 bits per heavy atom. The number of carbonyl (C=O) groups is 1. The molecule has 140 valence electrons. The second-order valence-electron chi connectivity index (χ2n) is 5.96. The summed E-state index contributed by atoms with van der Waals surface area (Å²) in [5.74, 6) is -1.19. The van der Waals surface area contributed by atoms with Gasteiger partial charge in [0.05, 0.1) is 9.82 Å². The Hall–Kier alpha value is -3.04. The standard InChI is InChI=1S/C18H16N2O6S/c21-18(22)17-3-1-2-12-19(17)27(25,26)16-10-6-14(7-11-16)13-4-8-15(9-5-13)20(23)24/h1-2,4-11,17H,3,12H2,(H,21,22). The molecule has 0 fully saturated rings. The third kappa shape index (κ3) is 3.74. The lowest BCUT2D eigenvalue weighted by Crippen LogP contribution is -2.46. The summed E-state index contributed by atoms with van der Waals surface area (Å²) in [5.41, 5.74) is 1.36. The second kappa shape index (κ2) is 7.29. The van der Waals surface area contributed by atoms with Crippen molar-refractivity contribution in [3.63, 3.8) is 0 Å². The maximum absolute atomic E-state index is 12.8. The smallest absolute Gasteiger partial charge is 0.322 e. The van der Waals surface area contributed by atoms with E-state index in [1.54, 1.807) is 36.4 Å². The van der Waals surface area contributed by atoms with Gasteiger partial charge in [-0.2, -0.15) is 4.31 Å². The molecule has 0 aliphatic carbocycles. The van der Waals surface area contributed by atoms with Crippen LogP contribution in [0.1, 0.15) is 6.42 Å². The highest BCUT2D eigenvalue weighted by molar-refractivity contribution is 7.89. The largest absolute Gasteiger partial charge is 0.480 e. The quantitative estimate of drug-likeness (QED) is 0.478. The van der Waals surface area contributed by atoms with Gasteiger partial charge in [-0.3, -0.25) is 14.9 Å². The summed E-state index contributed by atoms with van der Waals surface area (Å²) in [5, 5.41) is 20.0. The van der Waals surface area contributed by atoms with Crippen LogP contribution in [-0.2, 0) is 14.8 Å². The summed E-state index contributed by atoms with van der Waals surface area (Å²) in [7, 11) is -3.96. The number of benzene rings is 2. The Balaban J connectivity index is 1.89. The van der Waals surface area contributed by atoms with Gasteiger partial charge in [0, 0.05) is 18.7 Å². The fraction of sp³-hybridized carbons (Fsp3) is 0.167. The predicted molar refractivity (Wildman–Crippen MR) is 97.6 cm³/mol. The van der Waals surface area contributed by atoms with Crippen molar-refractivity contribution in [1.82, 2.24) is 4.31 Å². The normalized spacial score (nSPS) is 17.6. The van der Waals surface area contributed by atoms with Gasteiger partial charge in [-0.1, -0.05) is 24.3 Å². The van der Waals surface area contributed by atoms with Gasteiger partial charge in [0.1, 0.15) is 6.04 Å². The summed E-state index contributed by atoms with van der Waals surface area (Å²) in [6, 6.07) is 10.8. The molecule has 2 aromatic carbocycles. The first-order valence-corrected chi connectivity index (χ1v) is 9.49. The predicted octanol–water partition coefficient (Wildman–Crippen LogP) is 2.67. The molecule has 27 heavy (non-hydrogen) atoms. The minimum absolute atomic E-state index is 0.00338. The van der Waals surface area contributed by atoms with Crippen molar-refractivity contribution < 1.29 is 23.2 Å². The molecule has 0 bridgehead atoms. The highest BCUT2D eigenvalue weighted by Gasteiger charge is 2.36. The number of hydrogen-bond donors (Lipinski definition) is 1. The average Bonchev–Trinajstić information content (AvgIpc) is 2.68. The Kier molecular flexibility index (Phi) is 5.06. The van der Waals surface area contributed by atoms with Crippen LogP contribution >= 0.6 is 0 Å². The number of nitrogens with zero attached hydrogens (tertiary/aromatic N) is 2. The molecule has 0 saturated heterocycles. The van der Waals surface area contributed by atoms with Crippen molar-refractivity contribution in [3.8, 4) is 11.1 Å². The van der Waals surface area contributed by atoms with Crippen LogP contribution in [0.25, 0.3) is 11.1 Å². The van der Waals surface area contributed by atoms with Gasteiger partial charge in [0.25, 0.3) is 5.69 Å². The van der Waals surface area contributed by atoms with Gasteiger partial charge in [-0.15, -0.1) is 0 Å². The molecular formula is C18H16N2O6S. The molecule has 1 aliphatic rings. The van der Waals surface area contributed by atoms with Crippen molar-refractivity contribution >= 4 is 21.7 Å². The number of nitro benzene ring substituents is 1. The molecule has 1 N–H and O–H groups in total. The van der Waals surface area contributed by atoms with E-state index in [4.69, 9.17) is 0 Å². The number of non-ortho nitro benzene ring substituents is 1. The highest BCUT2D eigenvalue weighted by atomic mass is 32.2. The van der Waals surface area contributed by atoms with Crippen molar-refractivity contribution in [1.29, 1.82) is 0 Å². The first kappa shape index (κ1) is 18.7. The molecule has 0 aromatic heterocycles. The highest BCUT2D eigenvalue weighted by Crippen LogP contribution is 2.27. The molecule has 0 radical (unpaired) electrons. The Labute approximate surface area is 155 Å². The van der Waals surface area contributed by atoms with Gasteiger partial charge in [0.15, 0.2) is 0 Å². The molecule has 8 nitrogen and oxygen atoms in total. The lowest BCUT2D eigenvalue weighted by atomic mass is 10.1. The first-order valence-electron chi connectivity index (χ1n) is 8.05. The van der Waals surface area contributed by atoms with E-state index < -0.39 is 27.0 Å². The molecule has 0 spiro atoms. The van der Waals surface area contributed by atoms with Gasteiger partial charge < -0.3 is 5.11 Å². The SMILES string of the molecule is O=C(O)C1CC=CCN1S(=O)(=O)c1ccc(-c2ccc([N+](=O)[O-])cc2)cc1. The molecule has 9 heteroatoms. The van der Waals surface area contributed by atoms with Crippen molar-refractivity contribution in [2.45, 2.75) is 17.4 Å². The molecule has 3 rings (SSSR count). The van der Waals surface area contributed by atoms with E-state index in [2.05, 4.69) is 0 Å². The lowest BCUT2D eigenvalue weighted by molar-refractivity contribution is -0.384. The van der Waals surface area contributed by atoms with Crippen LogP contribution in [0.2, 0.25) is 0 Å². The first-order chi connectivity index (χ1) is 12.8. The molecule has 1 aliphatic heterocycles. The molecule has 0 amide bonds. The van der Waals surface area contributed by atoms with Crippen LogP contribution in [-0.4, -0.2) is 41.3 Å². The van der Waals surface area contributed by atoms with E-state index in [0.717, 1.165) is 4.31 Å². The van der Waals surface area contributed by atoms with Crippen LogP contribution < -0.4 is 0 Å². The van der Waals surface area contributed by atoms with Crippen LogP contribution in [0.5, 0.6) is 0 Å². The van der Waals surface area contributed by atoms with Crippen LogP contribution in [0.4, 0.5) is 5.69 Å². The maximum Gasteiger partial charge on any atom is 0.322 e. The van der Waals surface area contributed by atoms with Crippen molar-refractivity contribution in [3.05, 3.63) is 70.8 Å². The number of carboxylic acids is 1. The summed E-state index contributed by atoms with van der Waals surface area (Å²) in [4.78, 5) is 21.6. The van der Waals surface area contributed by atoms with Gasteiger partial charge in [-0.25, -0.2) is 8.42 Å². The summed E-state index contributed by atoms with van der Waals surface area (Å²) >= 11 is 0. The summed E-state index contributed by atoms with van der Waals surface area (Å²) in [6.07, 6.45) is 3.40. The van der Waals surface area contributed by atoms with Crippen molar-refractivity contribution in [2.75, 3.05) is 6.54 Å².